The molecule has 0 radical (unpaired) electrons. The molecule has 3 nitrogen and oxygen atoms in total. The van der Waals surface area contributed by atoms with Gasteiger partial charge in [-0.05, 0) is 37.1 Å². The van der Waals surface area contributed by atoms with Crippen LogP contribution in [0.4, 0.5) is 0 Å². The van der Waals surface area contributed by atoms with Gasteiger partial charge in [0.2, 0.25) is 0 Å². The predicted molar refractivity (Wildman–Crippen MR) is 44.5 cm³/mol. The fraction of sp³-hybridized carbons (Fsp3) is 0.222. The maximum Gasteiger partial charge on any atom is 0.335 e. The van der Waals surface area contributed by atoms with Gasteiger partial charge >= 0.3 is 5.97 Å². The molecule has 0 aliphatic carbocycles. The molecule has 0 saturated carbocycles. The maximum absolute atomic E-state index is 10.6. The molecule has 0 atom stereocenters. The number of carboxylic acid groups (broad SMARTS) is 1. The number of rotatable bonds is 1. The number of hydrogen-bond acceptors (Lipinski definition) is 2. The molecule has 0 unspecified atom stereocenters. The van der Waals surface area contributed by atoms with Crippen LogP contribution in [0.25, 0.3) is 0 Å². The summed E-state index contributed by atoms with van der Waals surface area (Å²) < 4.78 is 0. The third-order valence-corrected chi connectivity index (χ3v) is 1.99. The number of benzene rings is 1. The summed E-state index contributed by atoms with van der Waals surface area (Å²) in [5.41, 5.74) is 1.47. The van der Waals surface area contributed by atoms with Crippen molar-refractivity contribution in [1.82, 2.24) is 0 Å². The second-order valence-corrected chi connectivity index (χ2v) is 2.69. The predicted octanol–water partition coefficient (Wildman–Crippen LogP) is 1.71. The zero-order chi connectivity index (χ0) is 9.30. The molecule has 1 aromatic rings. The Morgan fingerprint density at radius 1 is 1.25 bits per heavy atom. The van der Waals surface area contributed by atoms with E-state index in [0.29, 0.717) is 11.1 Å². The largest absolute Gasteiger partial charge is 0.508 e. The van der Waals surface area contributed by atoms with Gasteiger partial charge in [-0.3, -0.25) is 0 Å². The van der Waals surface area contributed by atoms with Crippen LogP contribution in [0, 0.1) is 13.8 Å². The van der Waals surface area contributed by atoms with Gasteiger partial charge in [0.1, 0.15) is 5.75 Å². The zero-order valence-corrected chi connectivity index (χ0v) is 6.96. The number of phenolic OH excluding ortho intramolecular Hbond substituents is 1. The van der Waals surface area contributed by atoms with E-state index in [0.717, 1.165) is 0 Å². The first-order valence-electron chi connectivity index (χ1n) is 3.56. The molecular weight excluding hydrogens is 156 g/mol. The van der Waals surface area contributed by atoms with E-state index in [1.807, 2.05) is 0 Å². The average molecular weight is 166 g/mol. The van der Waals surface area contributed by atoms with Gasteiger partial charge < -0.3 is 10.2 Å². The molecule has 64 valence electrons. The molecule has 12 heavy (non-hydrogen) atoms. The molecule has 2 N–H and O–H groups in total. The number of aromatic carboxylic acids is 1. The van der Waals surface area contributed by atoms with Crippen molar-refractivity contribution in [3.8, 4) is 5.75 Å². The number of carboxylic acids is 1. The van der Waals surface area contributed by atoms with E-state index in [9.17, 15) is 9.90 Å². The van der Waals surface area contributed by atoms with Crippen molar-refractivity contribution in [3.63, 3.8) is 0 Å². The van der Waals surface area contributed by atoms with Crippen LogP contribution in [0.15, 0.2) is 12.1 Å². The van der Waals surface area contributed by atoms with Crippen LogP contribution < -0.4 is 0 Å². The monoisotopic (exact) mass is 166 g/mol. The minimum absolute atomic E-state index is 0.137. The lowest BCUT2D eigenvalue weighted by molar-refractivity contribution is 0.0696. The summed E-state index contributed by atoms with van der Waals surface area (Å²) in [5, 5.41) is 17.9. The van der Waals surface area contributed by atoms with E-state index >= 15 is 0 Å². The lowest BCUT2D eigenvalue weighted by atomic mass is 10.0. The highest BCUT2D eigenvalue weighted by molar-refractivity contribution is 5.90. The third kappa shape index (κ3) is 1.25. The Labute approximate surface area is 70.3 Å². The fourth-order valence-electron chi connectivity index (χ4n) is 1.04. The number of carbonyl (C=O) groups is 1. The second kappa shape index (κ2) is 2.85. The quantitative estimate of drug-likeness (QED) is 0.667. The Bertz CT molecular complexity index is 329. The van der Waals surface area contributed by atoms with E-state index in [2.05, 4.69) is 0 Å². The van der Waals surface area contributed by atoms with Crippen molar-refractivity contribution in [2.24, 2.45) is 0 Å². The number of aromatic hydroxyl groups is 1. The first-order chi connectivity index (χ1) is 5.54. The molecule has 0 amide bonds. The van der Waals surface area contributed by atoms with Gasteiger partial charge in [0.15, 0.2) is 0 Å². The van der Waals surface area contributed by atoms with Gasteiger partial charge in [0.25, 0.3) is 0 Å². The average Bonchev–Trinajstić information content (AvgIpc) is 2.00. The van der Waals surface area contributed by atoms with Crippen molar-refractivity contribution in [1.29, 1.82) is 0 Å². The zero-order valence-electron chi connectivity index (χ0n) is 6.96. The number of hydrogen-bond donors (Lipinski definition) is 2. The summed E-state index contributed by atoms with van der Waals surface area (Å²) in [5.74, 6) is -0.826. The fourth-order valence-corrected chi connectivity index (χ4v) is 1.04. The highest BCUT2D eigenvalue weighted by Crippen LogP contribution is 2.22. The van der Waals surface area contributed by atoms with Crippen LogP contribution in [-0.4, -0.2) is 16.2 Å². The Morgan fingerprint density at radius 2 is 1.83 bits per heavy atom. The molecule has 0 spiro atoms. The van der Waals surface area contributed by atoms with Crippen LogP contribution in [-0.2, 0) is 0 Å². The molecule has 0 fully saturated rings. The maximum atomic E-state index is 10.6. The molecule has 0 aromatic heterocycles. The van der Waals surface area contributed by atoms with Gasteiger partial charge in [0, 0.05) is 0 Å². The second-order valence-electron chi connectivity index (χ2n) is 2.69. The van der Waals surface area contributed by atoms with Crippen molar-refractivity contribution in [2.75, 3.05) is 0 Å². The van der Waals surface area contributed by atoms with Crippen molar-refractivity contribution in [3.05, 3.63) is 28.8 Å². The summed E-state index contributed by atoms with van der Waals surface area (Å²) in [6.07, 6.45) is 0. The molecule has 0 aliphatic heterocycles. The highest BCUT2D eigenvalue weighted by Gasteiger charge is 2.10. The van der Waals surface area contributed by atoms with Crippen molar-refractivity contribution < 1.29 is 15.0 Å². The van der Waals surface area contributed by atoms with Gasteiger partial charge in [-0.15, -0.1) is 0 Å². The Balaban J connectivity index is 3.36. The van der Waals surface area contributed by atoms with Gasteiger partial charge in [0.05, 0.1) is 5.56 Å². The molecule has 3 heteroatoms. The van der Waals surface area contributed by atoms with E-state index in [1.54, 1.807) is 13.8 Å². The van der Waals surface area contributed by atoms with Crippen LogP contribution in [0.1, 0.15) is 21.5 Å². The minimum Gasteiger partial charge on any atom is -0.508 e. The van der Waals surface area contributed by atoms with Crippen LogP contribution >= 0.6 is 0 Å². The lowest BCUT2D eigenvalue weighted by Crippen LogP contribution is -2.00. The lowest BCUT2D eigenvalue weighted by Gasteiger charge is -2.05. The van der Waals surface area contributed by atoms with E-state index < -0.39 is 5.97 Å². The highest BCUT2D eigenvalue weighted by atomic mass is 16.4. The van der Waals surface area contributed by atoms with Crippen molar-refractivity contribution >= 4 is 5.97 Å². The molecule has 0 heterocycles. The van der Waals surface area contributed by atoms with E-state index in [-0.39, 0.29) is 11.3 Å². The van der Waals surface area contributed by atoms with E-state index in [1.165, 1.54) is 12.1 Å². The van der Waals surface area contributed by atoms with E-state index in [4.69, 9.17) is 5.11 Å². The molecule has 1 rings (SSSR count). The summed E-state index contributed by atoms with van der Waals surface area (Å²) in [6.45, 7) is 3.37. The Hall–Kier alpha value is -1.51. The SMILES string of the molecule is Cc1c(O)ccc(C(=O)O)c1C. The first-order valence-corrected chi connectivity index (χ1v) is 3.56. The Kier molecular flexibility index (Phi) is 2.04. The molecule has 0 saturated heterocycles. The molecular formula is C9H10O3. The molecule has 0 bridgehead atoms. The summed E-state index contributed by atoms with van der Waals surface area (Å²) in [7, 11) is 0. The van der Waals surface area contributed by atoms with Crippen LogP contribution in [0.2, 0.25) is 0 Å². The standard InChI is InChI=1S/C9H10O3/c1-5-6(2)8(10)4-3-7(5)9(11)12/h3-4,10H,1-2H3,(H,11,12). The van der Waals surface area contributed by atoms with Gasteiger partial charge in [-0.25, -0.2) is 4.79 Å². The topological polar surface area (TPSA) is 57.5 Å². The summed E-state index contributed by atoms with van der Waals surface area (Å²) in [6, 6.07) is 2.80. The van der Waals surface area contributed by atoms with Crippen LogP contribution in [0.3, 0.4) is 0 Å². The molecule has 1 aromatic carbocycles. The van der Waals surface area contributed by atoms with Crippen molar-refractivity contribution in [2.45, 2.75) is 13.8 Å². The summed E-state index contributed by atoms with van der Waals surface area (Å²) in [4.78, 5) is 10.6. The Morgan fingerprint density at radius 3 is 2.33 bits per heavy atom. The van der Waals surface area contributed by atoms with Gasteiger partial charge in [-0.1, -0.05) is 0 Å². The smallest absolute Gasteiger partial charge is 0.335 e. The minimum atomic E-state index is -0.962. The number of phenols is 1. The third-order valence-electron chi connectivity index (χ3n) is 1.99. The molecule has 0 aliphatic rings. The first kappa shape index (κ1) is 8.59. The normalized spacial score (nSPS) is 9.83. The summed E-state index contributed by atoms with van der Waals surface area (Å²) >= 11 is 0. The van der Waals surface area contributed by atoms with Crippen LogP contribution in [0.5, 0.6) is 5.75 Å². The van der Waals surface area contributed by atoms with Gasteiger partial charge in [-0.2, -0.15) is 0 Å².